The zero-order valence-corrected chi connectivity index (χ0v) is 11.1. The summed E-state index contributed by atoms with van der Waals surface area (Å²) in [6.45, 7) is 0. The number of carbonyl (C=O) groups is 3. The number of nitrogens with two attached hydrogens (primary N) is 1. The molecular formula is C15H11NO6. The zero-order valence-electron chi connectivity index (χ0n) is 11.1. The maximum atomic E-state index is 11.4. The minimum Gasteiger partial charge on any atom is -0.478 e. The second kappa shape index (κ2) is 5.57. The van der Waals surface area contributed by atoms with Crippen LogP contribution in [-0.2, 0) is 0 Å². The number of nitrogen functional groups attached to an aromatic ring is 1. The Morgan fingerprint density at radius 3 is 1.64 bits per heavy atom. The number of carboxylic acid groups (broad SMARTS) is 3. The Bertz CT molecular complexity index is 779. The lowest BCUT2D eigenvalue weighted by Crippen LogP contribution is -2.12. The van der Waals surface area contributed by atoms with E-state index in [1.807, 2.05) is 0 Å². The van der Waals surface area contributed by atoms with Crippen molar-refractivity contribution in [2.75, 3.05) is 5.73 Å². The molecule has 2 aromatic rings. The highest BCUT2D eigenvalue weighted by Crippen LogP contribution is 2.28. The van der Waals surface area contributed by atoms with Crippen LogP contribution in [0.4, 0.5) is 5.69 Å². The quantitative estimate of drug-likeness (QED) is 0.634. The fourth-order valence-electron chi connectivity index (χ4n) is 2.03. The van der Waals surface area contributed by atoms with Crippen molar-refractivity contribution in [2.24, 2.45) is 0 Å². The fraction of sp³-hybridized carbons (Fsp3) is 0. The van der Waals surface area contributed by atoms with E-state index in [9.17, 15) is 19.5 Å². The van der Waals surface area contributed by atoms with Crippen LogP contribution in [0.2, 0.25) is 0 Å². The molecule has 2 rings (SSSR count). The number of rotatable bonds is 4. The van der Waals surface area contributed by atoms with Gasteiger partial charge in [0.2, 0.25) is 0 Å². The lowest BCUT2D eigenvalue weighted by molar-refractivity contribution is 0.0649. The van der Waals surface area contributed by atoms with Gasteiger partial charge in [-0.15, -0.1) is 0 Å². The summed E-state index contributed by atoms with van der Waals surface area (Å²) in [4.78, 5) is 33.7. The molecule has 0 bridgehead atoms. The molecule has 7 nitrogen and oxygen atoms in total. The monoisotopic (exact) mass is 301 g/mol. The summed E-state index contributed by atoms with van der Waals surface area (Å²) in [6, 6.07) is 8.02. The van der Waals surface area contributed by atoms with E-state index in [-0.39, 0.29) is 11.1 Å². The lowest BCUT2D eigenvalue weighted by atomic mass is 9.93. The predicted molar refractivity (Wildman–Crippen MR) is 77.2 cm³/mol. The summed E-state index contributed by atoms with van der Waals surface area (Å²) in [5, 5.41) is 27.4. The van der Waals surface area contributed by atoms with Crippen molar-refractivity contribution in [3.8, 4) is 11.1 Å². The molecule has 0 fully saturated rings. The number of benzene rings is 2. The van der Waals surface area contributed by atoms with Crippen molar-refractivity contribution in [3.63, 3.8) is 0 Å². The van der Waals surface area contributed by atoms with Crippen LogP contribution in [0.1, 0.15) is 31.1 Å². The largest absolute Gasteiger partial charge is 0.478 e. The van der Waals surface area contributed by atoms with Gasteiger partial charge in [-0.1, -0.05) is 12.1 Å². The van der Waals surface area contributed by atoms with E-state index in [2.05, 4.69) is 0 Å². The van der Waals surface area contributed by atoms with E-state index in [4.69, 9.17) is 15.9 Å². The van der Waals surface area contributed by atoms with E-state index in [1.54, 1.807) is 0 Å². The molecule has 0 heterocycles. The molecule has 0 aromatic heterocycles. The number of carboxylic acids is 3. The Balaban J connectivity index is 2.79. The third-order valence-electron chi connectivity index (χ3n) is 3.07. The van der Waals surface area contributed by atoms with Crippen molar-refractivity contribution in [3.05, 3.63) is 53.1 Å². The smallest absolute Gasteiger partial charge is 0.336 e. The standard InChI is InChI=1S/C15H11NO6/c16-8-3-1-7(2-4-8)9-5-11(14(19)20)12(15(21)22)6-10(9)13(17)18/h1-6H,16H2,(H,17,18)(H,19,20)(H,21,22). The second-order valence-corrected chi connectivity index (χ2v) is 4.48. The van der Waals surface area contributed by atoms with Gasteiger partial charge in [0, 0.05) is 5.69 Å². The van der Waals surface area contributed by atoms with Gasteiger partial charge >= 0.3 is 17.9 Å². The summed E-state index contributed by atoms with van der Waals surface area (Å²) in [5.74, 6) is -4.32. The first-order valence-electron chi connectivity index (χ1n) is 6.05. The van der Waals surface area contributed by atoms with E-state index in [0.29, 0.717) is 11.3 Å². The molecule has 0 saturated heterocycles. The molecule has 22 heavy (non-hydrogen) atoms. The van der Waals surface area contributed by atoms with Crippen LogP contribution in [0.25, 0.3) is 11.1 Å². The summed E-state index contributed by atoms with van der Waals surface area (Å²) in [6.07, 6.45) is 0. The molecule has 7 heteroatoms. The molecular weight excluding hydrogens is 290 g/mol. The molecule has 0 unspecified atom stereocenters. The average molecular weight is 301 g/mol. The number of hydrogen-bond donors (Lipinski definition) is 4. The molecule has 2 aromatic carbocycles. The van der Waals surface area contributed by atoms with Crippen molar-refractivity contribution in [1.29, 1.82) is 0 Å². The van der Waals surface area contributed by atoms with Crippen molar-refractivity contribution in [1.82, 2.24) is 0 Å². The summed E-state index contributed by atoms with van der Waals surface area (Å²) in [5.41, 5.74) is 5.18. The number of anilines is 1. The maximum absolute atomic E-state index is 11.4. The molecule has 0 aliphatic rings. The van der Waals surface area contributed by atoms with Crippen LogP contribution < -0.4 is 5.73 Å². The molecule has 0 amide bonds. The highest BCUT2D eigenvalue weighted by atomic mass is 16.4. The van der Waals surface area contributed by atoms with E-state index >= 15 is 0 Å². The van der Waals surface area contributed by atoms with Gasteiger partial charge in [0.15, 0.2) is 0 Å². The topological polar surface area (TPSA) is 138 Å². The second-order valence-electron chi connectivity index (χ2n) is 4.48. The van der Waals surface area contributed by atoms with Crippen molar-refractivity contribution in [2.45, 2.75) is 0 Å². The summed E-state index contributed by atoms with van der Waals surface area (Å²) in [7, 11) is 0. The molecule has 0 aliphatic heterocycles. The normalized spacial score (nSPS) is 10.2. The Kier molecular flexibility index (Phi) is 3.81. The summed E-state index contributed by atoms with van der Waals surface area (Å²) < 4.78 is 0. The SMILES string of the molecule is Nc1ccc(-c2cc(C(=O)O)c(C(=O)O)cc2C(=O)O)cc1. The van der Waals surface area contributed by atoms with Crippen molar-refractivity contribution >= 4 is 23.6 Å². The number of hydrogen-bond acceptors (Lipinski definition) is 4. The molecule has 5 N–H and O–H groups in total. The molecule has 0 spiro atoms. The molecule has 0 saturated carbocycles. The van der Waals surface area contributed by atoms with E-state index in [1.165, 1.54) is 24.3 Å². The van der Waals surface area contributed by atoms with Gasteiger partial charge in [-0.05, 0) is 35.4 Å². The lowest BCUT2D eigenvalue weighted by Gasteiger charge is -2.11. The van der Waals surface area contributed by atoms with Crippen LogP contribution in [0.15, 0.2) is 36.4 Å². The average Bonchev–Trinajstić information content (AvgIpc) is 2.46. The first-order valence-corrected chi connectivity index (χ1v) is 6.05. The van der Waals surface area contributed by atoms with Crippen LogP contribution >= 0.6 is 0 Å². The third-order valence-corrected chi connectivity index (χ3v) is 3.07. The van der Waals surface area contributed by atoms with Crippen LogP contribution in [0.5, 0.6) is 0 Å². The van der Waals surface area contributed by atoms with Gasteiger partial charge in [0.1, 0.15) is 0 Å². The van der Waals surface area contributed by atoms with E-state index in [0.717, 1.165) is 12.1 Å². The van der Waals surface area contributed by atoms with Gasteiger partial charge in [-0.2, -0.15) is 0 Å². The third kappa shape index (κ3) is 2.73. The minimum atomic E-state index is -1.51. The summed E-state index contributed by atoms with van der Waals surface area (Å²) >= 11 is 0. The van der Waals surface area contributed by atoms with Gasteiger partial charge < -0.3 is 21.1 Å². The molecule has 0 aliphatic carbocycles. The molecule has 0 atom stereocenters. The first kappa shape index (κ1) is 15.0. The Morgan fingerprint density at radius 1 is 0.727 bits per heavy atom. The zero-order chi connectivity index (χ0) is 16.4. The highest BCUT2D eigenvalue weighted by Gasteiger charge is 2.22. The highest BCUT2D eigenvalue weighted by molar-refractivity contribution is 6.07. The fourth-order valence-corrected chi connectivity index (χ4v) is 2.03. The van der Waals surface area contributed by atoms with Crippen LogP contribution in [-0.4, -0.2) is 33.2 Å². The van der Waals surface area contributed by atoms with Gasteiger partial charge in [-0.3, -0.25) is 0 Å². The Labute approximate surface area is 124 Å². The molecule has 112 valence electrons. The predicted octanol–water partition coefficient (Wildman–Crippen LogP) is 2.03. The minimum absolute atomic E-state index is 0.106. The number of aromatic carboxylic acids is 3. The maximum Gasteiger partial charge on any atom is 0.336 e. The van der Waals surface area contributed by atoms with Crippen LogP contribution in [0.3, 0.4) is 0 Å². The Morgan fingerprint density at radius 2 is 1.18 bits per heavy atom. The first-order chi connectivity index (χ1) is 10.3. The van der Waals surface area contributed by atoms with Gasteiger partial charge in [0.05, 0.1) is 16.7 Å². The van der Waals surface area contributed by atoms with Crippen LogP contribution in [0, 0.1) is 0 Å². The Hall–Kier alpha value is -3.35. The van der Waals surface area contributed by atoms with Gasteiger partial charge in [0.25, 0.3) is 0 Å². The van der Waals surface area contributed by atoms with Crippen molar-refractivity contribution < 1.29 is 29.7 Å². The van der Waals surface area contributed by atoms with Gasteiger partial charge in [-0.25, -0.2) is 14.4 Å². The molecule has 0 radical (unpaired) electrons. The van der Waals surface area contributed by atoms with E-state index < -0.39 is 29.0 Å².